The number of carbonyl (C=O) groups is 1. The van der Waals surface area contributed by atoms with Crippen molar-refractivity contribution in [3.8, 4) is 0 Å². The lowest BCUT2D eigenvalue weighted by Crippen LogP contribution is -2.11. The van der Waals surface area contributed by atoms with E-state index in [1.165, 1.54) is 6.07 Å². The number of halogens is 1. The molecule has 1 heterocycles. The third-order valence-electron chi connectivity index (χ3n) is 3.36. The van der Waals surface area contributed by atoms with Gasteiger partial charge in [-0.2, -0.15) is 0 Å². The lowest BCUT2D eigenvalue weighted by molar-refractivity contribution is -0.117. The van der Waals surface area contributed by atoms with Crippen LogP contribution in [0.5, 0.6) is 0 Å². The number of fused-ring (bicyclic) bond motifs is 1. The molecular formula is C13H17FN2O. The Morgan fingerprint density at radius 1 is 1.47 bits per heavy atom. The van der Waals surface area contributed by atoms with Gasteiger partial charge in [0.05, 0.1) is 11.6 Å². The first-order chi connectivity index (χ1) is 8.08. The number of benzene rings is 1. The number of amides is 1. The molecule has 0 aliphatic carbocycles. The summed E-state index contributed by atoms with van der Waals surface area (Å²) in [5.41, 5.74) is 7.74. The van der Waals surface area contributed by atoms with Crippen LogP contribution in [0.3, 0.4) is 0 Å². The molecule has 17 heavy (non-hydrogen) atoms. The van der Waals surface area contributed by atoms with E-state index in [-0.39, 0.29) is 23.7 Å². The monoisotopic (exact) mass is 236 g/mol. The molecule has 0 fully saturated rings. The summed E-state index contributed by atoms with van der Waals surface area (Å²) >= 11 is 0. The predicted octanol–water partition coefficient (Wildman–Crippen LogP) is 2.68. The van der Waals surface area contributed by atoms with Crippen LogP contribution in [0.1, 0.15) is 49.8 Å². The maximum absolute atomic E-state index is 13.9. The summed E-state index contributed by atoms with van der Waals surface area (Å²) in [6.45, 7) is 3.88. The van der Waals surface area contributed by atoms with E-state index >= 15 is 0 Å². The zero-order valence-electron chi connectivity index (χ0n) is 10.1. The van der Waals surface area contributed by atoms with Crippen molar-refractivity contribution in [3.63, 3.8) is 0 Å². The largest absolute Gasteiger partial charge is 0.324 e. The molecule has 4 heteroatoms. The molecule has 0 bridgehead atoms. The van der Waals surface area contributed by atoms with Crippen LogP contribution in [0.15, 0.2) is 12.1 Å². The molecular weight excluding hydrogens is 219 g/mol. The molecule has 0 saturated carbocycles. The van der Waals surface area contributed by atoms with Crippen molar-refractivity contribution in [2.45, 2.75) is 38.6 Å². The number of anilines is 1. The van der Waals surface area contributed by atoms with Gasteiger partial charge in [-0.3, -0.25) is 4.79 Å². The first kappa shape index (κ1) is 12.0. The molecule has 2 rings (SSSR count). The average Bonchev–Trinajstić information content (AvgIpc) is 2.64. The van der Waals surface area contributed by atoms with Crippen molar-refractivity contribution >= 4 is 11.6 Å². The molecule has 0 saturated heterocycles. The highest BCUT2D eigenvalue weighted by atomic mass is 19.1. The smallest absolute Gasteiger partial charge is 0.232 e. The van der Waals surface area contributed by atoms with Crippen LogP contribution in [-0.4, -0.2) is 5.91 Å². The van der Waals surface area contributed by atoms with Crippen molar-refractivity contribution in [3.05, 3.63) is 29.1 Å². The van der Waals surface area contributed by atoms with Gasteiger partial charge in [-0.05, 0) is 30.0 Å². The fourth-order valence-corrected chi connectivity index (χ4v) is 2.26. The Balaban J connectivity index is 2.50. The lowest BCUT2D eigenvalue weighted by Gasteiger charge is -2.13. The highest BCUT2D eigenvalue weighted by Crippen LogP contribution is 2.38. The van der Waals surface area contributed by atoms with Gasteiger partial charge < -0.3 is 11.1 Å². The molecule has 0 aromatic heterocycles. The first-order valence-electron chi connectivity index (χ1n) is 5.98. The molecule has 92 valence electrons. The lowest BCUT2D eigenvalue weighted by atomic mass is 9.94. The quantitative estimate of drug-likeness (QED) is 0.847. The molecule has 3 nitrogen and oxygen atoms in total. The highest BCUT2D eigenvalue weighted by molar-refractivity contribution is 6.03. The van der Waals surface area contributed by atoms with E-state index in [0.29, 0.717) is 12.1 Å². The fraction of sp³-hybridized carbons (Fsp3) is 0.462. The van der Waals surface area contributed by atoms with E-state index in [4.69, 9.17) is 5.73 Å². The molecule has 3 N–H and O–H groups in total. The van der Waals surface area contributed by atoms with E-state index in [1.54, 1.807) is 0 Å². The summed E-state index contributed by atoms with van der Waals surface area (Å²) < 4.78 is 13.9. The molecule has 1 aromatic rings. The van der Waals surface area contributed by atoms with Gasteiger partial charge in [-0.15, -0.1) is 0 Å². The van der Waals surface area contributed by atoms with E-state index in [2.05, 4.69) is 5.32 Å². The van der Waals surface area contributed by atoms with Gasteiger partial charge >= 0.3 is 0 Å². The summed E-state index contributed by atoms with van der Waals surface area (Å²) in [5.74, 6) is -0.752. The van der Waals surface area contributed by atoms with Gasteiger partial charge in [0.1, 0.15) is 5.82 Å². The Labute approximate surface area is 100 Å². The topological polar surface area (TPSA) is 55.1 Å². The fourth-order valence-electron chi connectivity index (χ4n) is 2.26. The second-order valence-corrected chi connectivity index (χ2v) is 4.43. The van der Waals surface area contributed by atoms with Gasteiger partial charge in [0.15, 0.2) is 0 Å². The second-order valence-electron chi connectivity index (χ2n) is 4.43. The Morgan fingerprint density at radius 2 is 2.18 bits per heavy atom. The number of hydrogen-bond donors (Lipinski definition) is 2. The van der Waals surface area contributed by atoms with Crippen LogP contribution < -0.4 is 11.1 Å². The van der Waals surface area contributed by atoms with Gasteiger partial charge in [0.25, 0.3) is 0 Å². The van der Waals surface area contributed by atoms with Crippen molar-refractivity contribution in [2.24, 2.45) is 5.73 Å². The van der Waals surface area contributed by atoms with Crippen molar-refractivity contribution in [1.29, 1.82) is 0 Å². The predicted molar refractivity (Wildman–Crippen MR) is 65.3 cm³/mol. The highest BCUT2D eigenvalue weighted by Gasteiger charge is 2.32. The summed E-state index contributed by atoms with van der Waals surface area (Å²) in [5, 5.41) is 2.60. The number of nitrogens with one attached hydrogen (secondary N) is 1. The third kappa shape index (κ3) is 1.93. The molecule has 1 amide bonds. The van der Waals surface area contributed by atoms with Crippen molar-refractivity contribution in [2.75, 3.05) is 5.32 Å². The standard InChI is InChI=1S/C13H17FN2O/c1-3-8-9-5-7(11(15)4-2)6-10(14)12(9)16-13(8)17/h5-6,8,11H,3-4,15H2,1-2H3,(H,16,17). The van der Waals surface area contributed by atoms with Crippen LogP contribution in [-0.2, 0) is 4.79 Å². The molecule has 0 radical (unpaired) electrons. The van der Waals surface area contributed by atoms with Crippen LogP contribution in [0.2, 0.25) is 0 Å². The minimum Gasteiger partial charge on any atom is -0.324 e. The van der Waals surface area contributed by atoms with E-state index in [9.17, 15) is 9.18 Å². The SMILES string of the molecule is CCC(N)c1cc(F)c2c(c1)C(CC)C(=O)N2. The molecule has 2 atom stereocenters. The van der Waals surface area contributed by atoms with Crippen LogP contribution in [0.25, 0.3) is 0 Å². The zero-order chi connectivity index (χ0) is 12.6. The number of hydrogen-bond acceptors (Lipinski definition) is 2. The Hall–Kier alpha value is -1.42. The van der Waals surface area contributed by atoms with Gasteiger partial charge in [0.2, 0.25) is 5.91 Å². The third-order valence-corrected chi connectivity index (χ3v) is 3.36. The van der Waals surface area contributed by atoms with E-state index in [1.807, 2.05) is 19.9 Å². The Morgan fingerprint density at radius 3 is 2.76 bits per heavy atom. The van der Waals surface area contributed by atoms with Gasteiger partial charge in [-0.1, -0.05) is 19.9 Å². The molecule has 1 aliphatic heterocycles. The summed E-state index contributed by atoms with van der Waals surface area (Å²) in [6.07, 6.45) is 1.42. The second kappa shape index (κ2) is 4.45. The Kier molecular flexibility index (Phi) is 3.15. The first-order valence-corrected chi connectivity index (χ1v) is 5.98. The summed E-state index contributed by atoms with van der Waals surface area (Å²) in [4.78, 5) is 11.7. The Bertz CT molecular complexity index is 459. The molecule has 2 unspecified atom stereocenters. The molecule has 0 spiro atoms. The molecule has 1 aliphatic rings. The molecule has 1 aromatic carbocycles. The number of carbonyl (C=O) groups excluding carboxylic acids is 1. The number of rotatable bonds is 3. The summed E-state index contributed by atoms with van der Waals surface area (Å²) in [7, 11) is 0. The minimum absolute atomic E-state index is 0.122. The zero-order valence-corrected chi connectivity index (χ0v) is 10.1. The normalized spacial score (nSPS) is 20.0. The van der Waals surface area contributed by atoms with Gasteiger partial charge in [0, 0.05) is 6.04 Å². The van der Waals surface area contributed by atoms with E-state index in [0.717, 1.165) is 17.5 Å². The summed E-state index contributed by atoms with van der Waals surface area (Å²) in [6, 6.07) is 3.10. The minimum atomic E-state index is -0.384. The maximum atomic E-state index is 13.9. The van der Waals surface area contributed by atoms with Gasteiger partial charge in [-0.25, -0.2) is 4.39 Å². The van der Waals surface area contributed by atoms with Crippen molar-refractivity contribution in [1.82, 2.24) is 0 Å². The number of nitrogens with two attached hydrogens (primary N) is 1. The van der Waals surface area contributed by atoms with Crippen LogP contribution in [0, 0.1) is 5.82 Å². The van der Waals surface area contributed by atoms with Crippen LogP contribution >= 0.6 is 0 Å². The van der Waals surface area contributed by atoms with Crippen molar-refractivity contribution < 1.29 is 9.18 Å². The van der Waals surface area contributed by atoms with E-state index < -0.39 is 0 Å². The van der Waals surface area contributed by atoms with Crippen LogP contribution in [0.4, 0.5) is 10.1 Å². The average molecular weight is 236 g/mol. The maximum Gasteiger partial charge on any atom is 0.232 e.